The number of amides is 1. The maximum Gasteiger partial charge on any atom is 0.407 e. The first-order valence-electron chi connectivity index (χ1n) is 3.19. The number of carboxylic acid groups (broad SMARTS) is 1. The Labute approximate surface area is 60.4 Å². The Morgan fingerprint density at radius 2 is 2.30 bits per heavy atom. The van der Waals surface area contributed by atoms with Crippen molar-refractivity contribution in [3.8, 4) is 0 Å². The number of carbonyl (C=O) groups is 1. The van der Waals surface area contributed by atoms with E-state index in [2.05, 4.69) is 0 Å². The molecule has 4 nitrogen and oxygen atoms in total. The molecular formula is C6H13NO3. The molecule has 0 aliphatic carbocycles. The summed E-state index contributed by atoms with van der Waals surface area (Å²) < 4.78 is 4.72. The van der Waals surface area contributed by atoms with Gasteiger partial charge in [0, 0.05) is 20.2 Å². The van der Waals surface area contributed by atoms with Gasteiger partial charge in [-0.3, -0.25) is 0 Å². The summed E-state index contributed by atoms with van der Waals surface area (Å²) in [6.07, 6.45) is -0.889. The van der Waals surface area contributed by atoms with Gasteiger partial charge in [0.2, 0.25) is 0 Å². The zero-order valence-electron chi connectivity index (χ0n) is 6.33. The molecule has 0 aromatic heterocycles. The molecule has 0 radical (unpaired) electrons. The fraction of sp³-hybridized carbons (Fsp3) is 0.833. The summed E-state index contributed by atoms with van der Waals surface area (Å²) in [6, 6.07) is 0. The topological polar surface area (TPSA) is 49.8 Å². The van der Waals surface area contributed by atoms with E-state index < -0.39 is 6.09 Å². The van der Waals surface area contributed by atoms with Crippen LogP contribution in [0, 0.1) is 0 Å². The van der Waals surface area contributed by atoms with Crippen molar-refractivity contribution in [3.05, 3.63) is 0 Å². The molecule has 0 aliphatic rings. The van der Waals surface area contributed by atoms with Crippen molar-refractivity contribution in [2.45, 2.75) is 6.92 Å². The Kier molecular flexibility index (Phi) is 4.66. The lowest BCUT2D eigenvalue weighted by Gasteiger charge is -2.15. The molecule has 0 saturated heterocycles. The van der Waals surface area contributed by atoms with E-state index in [-0.39, 0.29) is 0 Å². The summed E-state index contributed by atoms with van der Waals surface area (Å²) in [7, 11) is 1.55. The van der Waals surface area contributed by atoms with Crippen LogP contribution in [0.1, 0.15) is 6.92 Å². The number of hydrogen-bond donors (Lipinski definition) is 1. The number of likely N-dealkylation sites (N-methyl/N-ethyl adjacent to an activating group) is 1. The lowest BCUT2D eigenvalue weighted by molar-refractivity contribution is 0.121. The first-order chi connectivity index (χ1) is 4.72. The van der Waals surface area contributed by atoms with E-state index in [9.17, 15) is 4.79 Å². The van der Waals surface area contributed by atoms with Crippen LogP contribution in [0.3, 0.4) is 0 Å². The van der Waals surface area contributed by atoms with Crippen LogP contribution >= 0.6 is 0 Å². The predicted octanol–water partition coefficient (Wildman–Crippen LogP) is 0.633. The van der Waals surface area contributed by atoms with Gasteiger partial charge < -0.3 is 14.7 Å². The zero-order chi connectivity index (χ0) is 7.98. The van der Waals surface area contributed by atoms with Crippen molar-refractivity contribution in [2.24, 2.45) is 0 Å². The Morgan fingerprint density at radius 1 is 1.70 bits per heavy atom. The van der Waals surface area contributed by atoms with Gasteiger partial charge >= 0.3 is 6.09 Å². The van der Waals surface area contributed by atoms with Crippen molar-refractivity contribution in [3.63, 3.8) is 0 Å². The maximum absolute atomic E-state index is 10.3. The summed E-state index contributed by atoms with van der Waals surface area (Å²) >= 11 is 0. The smallest absolute Gasteiger partial charge is 0.407 e. The standard InChI is InChI=1S/C6H13NO3/c1-3-7(6(8)9)4-5-10-2/h3-5H2,1-2H3,(H,8,9). The van der Waals surface area contributed by atoms with Crippen molar-refractivity contribution in [1.29, 1.82) is 0 Å². The second-order valence-corrected chi connectivity index (χ2v) is 1.86. The Balaban J connectivity index is 3.50. The second kappa shape index (κ2) is 5.05. The quantitative estimate of drug-likeness (QED) is 0.634. The molecule has 0 spiro atoms. The van der Waals surface area contributed by atoms with E-state index in [0.29, 0.717) is 19.7 Å². The minimum Gasteiger partial charge on any atom is -0.465 e. The first kappa shape index (κ1) is 9.23. The number of methoxy groups -OCH3 is 1. The van der Waals surface area contributed by atoms with E-state index >= 15 is 0 Å². The van der Waals surface area contributed by atoms with Crippen LogP contribution < -0.4 is 0 Å². The molecule has 10 heavy (non-hydrogen) atoms. The third-order valence-electron chi connectivity index (χ3n) is 1.22. The molecule has 0 bridgehead atoms. The van der Waals surface area contributed by atoms with Crippen molar-refractivity contribution < 1.29 is 14.6 Å². The third kappa shape index (κ3) is 3.29. The highest BCUT2D eigenvalue weighted by molar-refractivity contribution is 5.64. The van der Waals surface area contributed by atoms with E-state index in [1.54, 1.807) is 14.0 Å². The summed E-state index contributed by atoms with van der Waals surface area (Å²) in [4.78, 5) is 11.6. The van der Waals surface area contributed by atoms with Gasteiger partial charge in [-0.05, 0) is 6.92 Å². The minimum atomic E-state index is -0.889. The summed E-state index contributed by atoms with van der Waals surface area (Å²) in [5.41, 5.74) is 0. The Bertz CT molecular complexity index is 105. The van der Waals surface area contributed by atoms with Crippen molar-refractivity contribution >= 4 is 6.09 Å². The van der Waals surface area contributed by atoms with E-state index in [0.717, 1.165) is 0 Å². The molecular weight excluding hydrogens is 134 g/mol. The van der Waals surface area contributed by atoms with Crippen LogP contribution in [0.2, 0.25) is 0 Å². The molecule has 0 rings (SSSR count). The molecule has 0 unspecified atom stereocenters. The zero-order valence-corrected chi connectivity index (χ0v) is 6.33. The first-order valence-corrected chi connectivity index (χ1v) is 3.19. The molecule has 1 N–H and O–H groups in total. The molecule has 60 valence electrons. The average Bonchev–Trinajstić information content (AvgIpc) is 1.89. The van der Waals surface area contributed by atoms with Crippen molar-refractivity contribution in [2.75, 3.05) is 26.8 Å². The van der Waals surface area contributed by atoms with E-state index in [1.807, 2.05) is 0 Å². The SMILES string of the molecule is CCN(CCOC)C(=O)O. The van der Waals surface area contributed by atoms with Crippen LogP contribution in [-0.4, -0.2) is 42.9 Å². The fourth-order valence-corrected chi connectivity index (χ4v) is 0.590. The largest absolute Gasteiger partial charge is 0.465 e. The lowest BCUT2D eigenvalue weighted by atomic mass is 10.5. The van der Waals surface area contributed by atoms with Gasteiger partial charge in [-0.2, -0.15) is 0 Å². The highest BCUT2D eigenvalue weighted by atomic mass is 16.5. The molecule has 1 amide bonds. The highest BCUT2D eigenvalue weighted by Crippen LogP contribution is 1.87. The Morgan fingerprint density at radius 3 is 2.60 bits per heavy atom. The van der Waals surface area contributed by atoms with Crippen LogP contribution in [0.4, 0.5) is 4.79 Å². The second-order valence-electron chi connectivity index (χ2n) is 1.86. The van der Waals surface area contributed by atoms with Gasteiger partial charge in [-0.15, -0.1) is 0 Å². The van der Waals surface area contributed by atoms with Gasteiger partial charge in [0.05, 0.1) is 6.61 Å². The average molecular weight is 147 g/mol. The number of rotatable bonds is 4. The molecule has 0 atom stereocenters. The number of ether oxygens (including phenoxy) is 1. The third-order valence-corrected chi connectivity index (χ3v) is 1.22. The fourth-order valence-electron chi connectivity index (χ4n) is 0.590. The molecule has 0 aromatic carbocycles. The van der Waals surface area contributed by atoms with Gasteiger partial charge in [-0.25, -0.2) is 4.79 Å². The van der Waals surface area contributed by atoms with Gasteiger partial charge in [0.1, 0.15) is 0 Å². The lowest BCUT2D eigenvalue weighted by Crippen LogP contribution is -2.32. The molecule has 0 heterocycles. The van der Waals surface area contributed by atoms with Gasteiger partial charge in [0.15, 0.2) is 0 Å². The maximum atomic E-state index is 10.3. The highest BCUT2D eigenvalue weighted by Gasteiger charge is 2.06. The predicted molar refractivity (Wildman–Crippen MR) is 37.1 cm³/mol. The monoisotopic (exact) mass is 147 g/mol. The normalized spacial score (nSPS) is 9.40. The van der Waals surface area contributed by atoms with Crippen LogP contribution in [0.15, 0.2) is 0 Å². The number of nitrogens with zero attached hydrogens (tertiary/aromatic N) is 1. The van der Waals surface area contributed by atoms with Gasteiger partial charge in [0.25, 0.3) is 0 Å². The van der Waals surface area contributed by atoms with E-state index in [4.69, 9.17) is 9.84 Å². The molecule has 0 aliphatic heterocycles. The van der Waals surface area contributed by atoms with Crippen LogP contribution in [-0.2, 0) is 4.74 Å². The van der Waals surface area contributed by atoms with E-state index in [1.165, 1.54) is 4.90 Å². The number of hydrogen-bond acceptors (Lipinski definition) is 2. The minimum absolute atomic E-state index is 0.447. The van der Waals surface area contributed by atoms with Crippen molar-refractivity contribution in [1.82, 2.24) is 4.90 Å². The molecule has 4 heteroatoms. The summed E-state index contributed by atoms with van der Waals surface area (Å²) in [6.45, 7) is 3.21. The van der Waals surface area contributed by atoms with Crippen LogP contribution in [0.5, 0.6) is 0 Å². The summed E-state index contributed by atoms with van der Waals surface area (Å²) in [5, 5.41) is 8.47. The summed E-state index contributed by atoms with van der Waals surface area (Å²) in [5.74, 6) is 0. The molecule has 0 aromatic rings. The van der Waals surface area contributed by atoms with Crippen LogP contribution in [0.25, 0.3) is 0 Å². The Hall–Kier alpha value is -0.770. The molecule has 0 fully saturated rings. The molecule has 0 saturated carbocycles. The van der Waals surface area contributed by atoms with Gasteiger partial charge in [-0.1, -0.05) is 0 Å².